The van der Waals surface area contributed by atoms with Crippen molar-refractivity contribution in [1.29, 1.82) is 0 Å². The van der Waals surface area contributed by atoms with Gasteiger partial charge in [0, 0.05) is 27.7 Å². The van der Waals surface area contributed by atoms with Gasteiger partial charge < -0.3 is 5.32 Å². The lowest BCUT2D eigenvalue weighted by Gasteiger charge is -2.19. The van der Waals surface area contributed by atoms with Crippen molar-refractivity contribution < 1.29 is 0 Å². The molecule has 0 saturated heterocycles. The van der Waals surface area contributed by atoms with Crippen molar-refractivity contribution >= 4 is 23.2 Å². The summed E-state index contributed by atoms with van der Waals surface area (Å²) in [6.45, 7) is 2.15. The van der Waals surface area contributed by atoms with Gasteiger partial charge in [0.2, 0.25) is 0 Å². The van der Waals surface area contributed by atoms with Crippen molar-refractivity contribution in [3.63, 3.8) is 0 Å². The van der Waals surface area contributed by atoms with Crippen LogP contribution >= 0.6 is 23.2 Å². The van der Waals surface area contributed by atoms with Crippen molar-refractivity contribution in [2.75, 3.05) is 0 Å². The first kappa shape index (κ1) is 11.3. The first-order valence-electron chi connectivity index (χ1n) is 5.42. The maximum absolute atomic E-state index is 6.18. The predicted molar refractivity (Wildman–Crippen MR) is 65.7 cm³/mol. The third-order valence-electron chi connectivity index (χ3n) is 2.77. The van der Waals surface area contributed by atoms with Gasteiger partial charge in [-0.15, -0.1) is 0 Å². The Morgan fingerprint density at radius 3 is 2.40 bits per heavy atom. The lowest BCUT2D eigenvalue weighted by molar-refractivity contribution is 0.516. The van der Waals surface area contributed by atoms with Crippen molar-refractivity contribution in [3.05, 3.63) is 33.8 Å². The molecule has 15 heavy (non-hydrogen) atoms. The van der Waals surface area contributed by atoms with Crippen LogP contribution in [0.5, 0.6) is 0 Å². The zero-order valence-corrected chi connectivity index (χ0v) is 10.3. The first-order valence-corrected chi connectivity index (χ1v) is 6.18. The first-order chi connectivity index (χ1) is 7.22. The second-order valence-electron chi connectivity index (χ2n) is 4.04. The molecule has 0 spiro atoms. The van der Waals surface area contributed by atoms with E-state index in [1.807, 2.05) is 18.2 Å². The summed E-state index contributed by atoms with van der Waals surface area (Å²) in [7, 11) is 0. The molecule has 1 atom stereocenters. The van der Waals surface area contributed by atoms with Gasteiger partial charge in [0.15, 0.2) is 0 Å². The molecule has 0 aromatic heterocycles. The Morgan fingerprint density at radius 2 is 1.93 bits per heavy atom. The summed E-state index contributed by atoms with van der Waals surface area (Å²) in [4.78, 5) is 0. The highest BCUT2D eigenvalue weighted by atomic mass is 35.5. The number of benzene rings is 1. The van der Waals surface area contributed by atoms with Crippen LogP contribution in [0.25, 0.3) is 0 Å². The normalized spacial score (nSPS) is 17.8. The molecule has 1 fully saturated rings. The van der Waals surface area contributed by atoms with E-state index in [0.717, 1.165) is 22.0 Å². The van der Waals surface area contributed by atoms with E-state index in [4.69, 9.17) is 23.2 Å². The maximum atomic E-state index is 6.18. The van der Waals surface area contributed by atoms with Gasteiger partial charge in [0.05, 0.1) is 0 Å². The molecule has 1 nitrogen and oxygen atoms in total. The summed E-state index contributed by atoms with van der Waals surface area (Å²) >= 11 is 12.4. The Kier molecular flexibility index (Phi) is 3.55. The Hall–Kier alpha value is -0.240. The van der Waals surface area contributed by atoms with Crippen LogP contribution < -0.4 is 5.32 Å². The summed E-state index contributed by atoms with van der Waals surface area (Å²) < 4.78 is 0. The Balaban J connectivity index is 2.23. The summed E-state index contributed by atoms with van der Waals surface area (Å²) in [6, 6.07) is 6.65. The summed E-state index contributed by atoms with van der Waals surface area (Å²) in [5.41, 5.74) is 1.05. The molecule has 0 bridgehead atoms. The van der Waals surface area contributed by atoms with Crippen molar-refractivity contribution in [2.24, 2.45) is 0 Å². The Labute approximate surface area is 101 Å². The molecule has 1 aliphatic carbocycles. The second-order valence-corrected chi connectivity index (χ2v) is 4.85. The summed E-state index contributed by atoms with van der Waals surface area (Å²) in [5, 5.41) is 5.10. The molecule has 0 aliphatic heterocycles. The quantitative estimate of drug-likeness (QED) is 0.837. The number of rotatable bonds is 4. The lowest BCUT2D eigenvalue weighted by Crippen LogP contribution is -2.23. The average molecular weight is 244 g/mol. The molecular formula is C12H15Cl2N. The van der Waals surface area contributed by atoms with Gasteiger partial charge in [0.25, 0.3) is 0 Å². The minimum atomic E-state index is 0.290. The molecule has 1 aliphatic rings. The molecule has 3 heteroatoms. The smallest absolute Gasteiger partial charge is 0.0468 e. The molecule has 0 amide bonds. The molecule has 1 unspecified atom stereocenters. The van der Waals surface area contributed by atoms with Crippen LogP contribution in [-0.2, 0) is 0 Å². The fraction of sp³-hybridized carbons (Fsp3) is 0.500. The van der Waals surface area contributed by atoms with E-state index in [2.05, 4.69) is 12.2 Å². The van der Waals surface area contributed by atoms with Crippen LogP contribution in [0.1, 0.15) is 37.8 Å². The third kappa shape index (κ3) is 2.66. The molecule has 82 valence electrons. The highest BCUT2D eigenvalue weighted by molar-refractivity contribution is 6.36. The molecule has 1 N–H and O–H groups in total. The standard InChI is InChI=1S/C12H15Cl2N/c1-2-11(15-8-6-7-8)12-9(13)4-3-5-10(12)14/h3-5,8,11,15H,2,6-7H2,1H3. The number of hydrogen-bond donors (Lipinski definition) is 1. The van der Waals surface area contributed by atoms with Gasteiger partial charge in [-0.25, -0.2) is 0 Å². The highest BCUT2D eigenvalue weighted by Gasteiger charge is 2.26. The molecular weight excluding hydrogens is 229 g/mol. The van der Waals surface area contributed by atoms with Gasteiger partial charge in [0.1, 0.15) is 0 Å². The van der Waals surface area contributed by atoms with Crippen LogP contribution in [0.4, 0.5) is 0 Å². The monoisotopic (exact) mass is 243 g/mol. The molecule has 1 saturated carbocycles. The molecule has 1 aromatic carbocycles. The zero-order chi connectivity index (χ0) is 10.8. The maximum Gasteiger partial charge on any atom is 0.0468 e. The fourth-order valence-corrected chi connectivity index (χ4v) is 2.44. The highest BCUT2D eigenvalue weighted by Crippen LogP contribution is 2.34. The van der Waals surface area contributed by atoms with E-state index in [1.165, 1.54) is 12.8 Å². The fourth-order valence-electron chi connectivity index (χ4n) is 1.78. The third-order valence-corrected chi connectivity index (χ3v) is 3.43. The van der Waals surface area contributed by atoms with E-state index in [1.54, 1.807) is 0 Å². The Morgan fingerprint density at radius 1 is 1.33 bits per heavy atom. The number of nitrogens with one attached hydrogen (secondary N) is 1. The topological polar surface area (TPSA) is 12.0 Å². The van der Waals surface area contributed by atoms with Crippen LogP contribution in [0.3, 0.4) is 0 Å². The minimum Gasteiger partial charge on any atom is -0.307 e. The van der Waals surface area contributed by atoms with Crippen molar-refractivity contribution in [2.45, 2.75) is 38.3 Å². The van der Waals surface area contributed by atoms with Crippen LogP contribution in [0.2, 0.25) is 10.0 Å². The molecule has 0 heterocycles. The van der Waals surface area contributed by atoms with Crippen LogP contribution in [-0.4, -0.2) is 6.04 Å². The van der Waals surface area contributed by atoms with Crippen LogP contribution in [0.15, 0.2) is 18.2 Å². The zero-order valence-electron chi connectivity index (χ0n) is 8.76. The Bertz CT molecular complexity index is 327. The largest absolute Gasteiger partial charge is 0.307 e. The van der Waals surface area contributed by atoms with Crippen LogP contribution in [0, 0.1) is 0 Å². The van der Waals surface area contributed by atoms with E-state index < -0.39 is 0 Å². The van der Waals surface area contributed by atoms with Gasteiger partial charge in [-0.1, -0.05) is 36.2 Å². The van der Waals surface area contributed by atoms with Gasteiger partial charge in [-0.05, 0) is 31.4 Å². The van der Waals surface area contributed by atoms with Crippen molar-refractivity contribution in [1.82, 2.24) is 5.32 Å². The van der Waals surface area contributed by atoms with E-state index in [9.17, 15) is 0 Å². The average Bonchev–Trinajstić information content (AvgIpc) is 2.99. The summed E-state index contributed by atoms with van der Waals surface area (Å²) in [5.74, 6) is 0. The summed E-state index contributed by atoms with van der Waals surface area (Å²) in [6.07, 6.45) is 3.57. The predicted octanol–water partition coefficient (Wildman–Crippen LogP) is 4.20. The van der Waals surface area contributed by atoms with E-state index in [0.29, 0.717) is 12.1 Å². The minimum absolute atomic E-state index is 0.290. The SMILES string of the molecule is CCC(NC1CC1)c1c(Cl)cccc1Cl. The molecule has 2 rings (SSSR count). The molecule has 0 radical (unpaired) electrons. The van der Waals surface area contributed by atoms with Gasteiger partial charge in [-0.2, -0.15) is 0 Å². The van der Waals surface area contributed by atoms with E-state index >= 15 is 0 Å². The van der Waals surface area contributed by atoms with Gasteiger partial charge in [-0.3, -0.25) is 0 Å². The van der Waals surface area contributed by atoms with E-state index in [-0.39, 0.29) is 0 Å². The number of halogens is 2. The second kappa shape index (κ2) is 4.73. The van der Waals surface area contributed by atoms with Gasteiger partial charge >= 0.3 is 0 Å². The lowest BCUT2D eigenvalue weighted by atomic mass is 10.0. The van der Waals surface area contributed by atoms with Crippen molar-refractivity contribution in [3.8, 4) is 0 Å². The molecule has 1 aromatic rings. The number of hydrogen-bond acceptors (Lipinski definition) is 1.